The number of fused-ring (bicyclic) bond motifs is 1. The first-order valence-electron chi connectivity index (χ1n) is 6.85. The number of nitrogen functional groups attached to an aromatic ring is 1. The Kier molecular flexibility index (Phi) is 3.46. The second-order valence-electron chi connectivity index (χ2n) is 5.29. The highest BCUT2D eigenvalue weighted by Crippen LogP contribution is 2.27. The number of nitrogens with zero attached hydrogens (tertiary/aromatic N) is 1. The molecule has 0 saturated carbocycles. The lowest BCUT2D eigenvalue weighted by atomic mass is 9.94. The van der Waals surface area contributed by atoms with Gasteiger partial charge in [0.05, 0.1) is 16.8 Å². The number of hydrogen-bond acceptors (Lipinski definition) is 5. The number of pyridine rings is 1. The molecule has 4 N–H and O–H groups in total. The molecule has 1 aliphatic rings. The number of ether oxygens (including phenoxy) is 1. The van der Waals surface area contributed by atoms with E-state index in [-0.39, 0.29) is 0 Å². The Bertz CT molecular complexity index is 609. The Hall–Kier alpha value is -1.85. The van der Waals surface area contributed by atoms with Crippen molar-refractivity contribution in [3.8, 4) is 0 Å². The van der Waals surface area contributed by atoms with E-state index in [0.29, 0.717) is 38.3 Å². The second kappa shape index (κ2) is 5.26. The molecule has 0 radical (unpaired) electrons. The molecule has 3 rings (SSSR count). The molecule has 20 heavy (non-hydrogen) atoms. The number of nitrogens with one attached hydrogen (secondary N) is 1. The molecule has 2 heterocycles. The molecule has 0 unspecified atom stereocenters. The third-order valence-corrected chi connectivity index (χ3v) is 3.83. The first kappa shape index (κ1) is 13.1. The zero-order valence-corrected chi connectivity index (χ0v) is 11.3. The Labute approximate surface area is 117 Å². The lowest BCUT2D eigenvalue weighted by Gasteiger charge is -2.32. The van der Waals surface area contributed by atoms with Crippen LogP contribution in [0.3, 0.4) is 0 Å². The fraction of sp³-hybridized carbons (Fsp3) is 0.400. The number of nitrogens with two attached hydrogens (primary N) is 1. The maximum absolute atomic E-state index is 10.5. The van der Waals surface area contributed by atoms with Gasteiger partial charge >= 0.3 is 0 Å². The van der Waals surface area contributed by atoms with Crippen LogP contribution in [0.2, 0.25) is 0 Å². The van der Waals surface area contributed by atoms with E-state index in [1.54, 1.807) is 6.20 Å². The molecule has 1 saturated heterocycles. The number of aromatic nitrogens is 1. The van der Waals surface area contributed by atoms with Crippen molar-refractivity contribution in [3.63, 3.8) is 0 Å². The summed E-state index contributed by atoms with van der Waals surface area (Å²) in [6.45, 7) is 1.73. The Morgan fingerprint density at radius 3 is 2.90 bits per heavy atom. The van der Waals surface area contributed by atoms with Crippen LogP contribution in [-0.2, 0) is 4.74 Å². The van der Waals surface area contributed by atoms with E-state index in [1.165, 1.54) is 0 Å². The van der Waals surface area contributed by atoms with Crippen LogP contribution in [0.15, 0.2) is 30.5 Å². The molecule has 5 nitrogen and oxygen atoms in total. The molecule has 106 valence electrons. The minimum atomic E-state index is -0.700. The Morgan fingerprint density at radius 2 is 2.10 bits per heavy atom. The first-order valence-corrected chi connectivity index (χ1v) is 6.85. The van der Waals surface area contributed by atoms with Gasteiger partial charge in [-0.3, -0.25) is 4.98 Å². The highest BCUT2D eigenvalue weighted by Gasteiger charge is 2.29. The summed E-state index contributed by atoms with van der Waals surface area (Å²) >= 11 is 0. The van der Waals surface area contributed by atoms with Crippen LogP contribution in [0, 0.1) is 0 Å². The molecule has 1 aromatic carbocycles. The van der Waals surface area contributed by atoms with Gasteiger partial charge in [0.25, 0.3) is 0 Å². The van der Waals surface area contributed by atoms with Crippen molar-refractivity contribution in [1.82, 2.24) is 4.98 Å². The van der Waals surface area contributed by atoms with Crippen LogP contribution in [-0.4, -0.2) is 35.5 Å². The van der Waals surface area contributed by atoms with E-state index < -0.39 is 5.60 Å². The van der Waals surface area contributed by atoms with Crippen LogP contribution in [0.1, 0.15) is 12.8 Å². The molecule has 0 aliphatic carbocycles. The summed E-state index contributed by atoms with van der Waals surface area (Å²) in [4.78, 5) is 4.31. The van der Waals surface area contributed by atoms with E-state index in [4.69, 9.17) is 10.5 Å². The molecule has 5 heteroatoms. The number of aliphatic hydroxyl groups is 1. The van der Waals surface area contributed by atoms with Gasteiger partial charge in [0, 0.05) is 49.9 Å². The molecule has 1 aromatic heterocycles. The molecule has 2 aromatic rings. The molecular formula is C15H19N3O2. The van der Waals surface area contributed by atoms with Gasteiger partial charge < -0.3 is 20.9 Å². The highest BCUT2D eigenvalue weighted by molar-refractivity contribution is 5.97. The van der Waals surface area contributed by atoms with Crippen molar-refractivity contribution < 1.29 is 9.84 Å². The minimum Gasteiger partial charge on any atom is -0.397 e. The SMILES string of the molecule is Nc1cccc2c(NCC3(O)CCOCC3)ccnc12. The lowest BCUT2D eigenvalue weighted by Crippen LogP contribution is -2.42. The summed E-state index contributed by atoms with van der Waals surface area (Å²) in [7, 11) is 0. The quantitative estimate of drug-likeness (QED) is 0.743. The predicted molar refractivity (Wildman–Crippen MR) is 79.6 cm³/mol. The molecule has 1 fully saturated rings. The van der Waals surface area contributed by atoms with Crippen LogP contribution < -0.4 is 11.1 Å². The molecular weight excluding hydrogens is 254 g/mol. The summed E-state index contributed by atoms with van der Waals surface area (Å²) in [6, 6.07) is 7.64. The standard InChI is InChI=1S/C15H19N3O2/c16-12-3-1-2-11-13(4-7-17-14(11)12)18-10-15(19)5-8-20-9-6-15/h1-4,7,19H,5-6,8-10,16H2,(H,17,18). The van der Waals surface area contributed by atoms with Gasteiger partial charge in [-0.05, 0) is 12.1 Å². The van der Waals surface area contributed by atoms with Crippen LogP contribution in [0.5, 0.6) is 0 Å². The van der Waals surface area contributed by atoms with Crippen molar-refractivity contribution in [3.05, 3.63) is 30.5 Å². The topological polar surface area (TPSA) is 80.4 Å². The second-order valence-corrected chi connectivity index (χ2v) is 5.29. The van der Waals surface area contributed by atoms with Crippen molar-refractivity contribution >= 4 is 22.3 Å². The number of rotatable bonds is 3. The summed E-state index contributed by atoms with van der Waals surface area (Å²) in [5, 5.41) is 14.8. The summed E-state index contributed by atoms with van der Waals surface area (Å²) in [6.07, 6.45) is 3.05. The van der Waals surface area contributed by atoms with Crippen molar-refractivity contribution in [1.29, 1.82) is 0 Å². The van der Waals surface area contributed by atoms with Crippen molar-refractivity contribution in [2.45, 2.75) is 18.4 Å². The van der Waals surface area contributed by atoms with Gasteiger partial charge in [-0.2, -0.15) is 0 Å². The van der Waals surface area contributed by atoms with E-state index in [2.05, 4.69) is 10.3 Å². The summed E-state index contributed by atoms with van der Waals surface area (Å²) in [5.41, 5.74) is 7.63. The predicted octanol–water partition coefficient (Wildman–Crippen LogP) is 1.77. The zero-order valence-electron chi connectivity index (χ0n) is 11.3. The van der Waals surface area contributed by atoms with Gasteiger partial charge in [0.15, 0.2) is 0 Å². The summed E-state index contributed by atoms with van der Waals surface area (Å²) < 4.78 is 5.29. The van der Waals surface area contributed by atoms with Gasteiger partial charge in [0.2, 0.25) is 0 Å². The monoisotopic (exact) mass is 273 g/mol. The highest BCUT2D eigenvalue weighted by atomic mass is 16.5. The lowest BCUT2D eigenvalue weighted by molar-refractivity contribution is -0.0543. The number of para-hydroxylation sites is 1. The molecule has 0 amide bonds. The minimum absolute atomic E-state index is 0.504. The van der Waals surface area contributed by atoms with E-state index >= 15 is 0 Å². The van der Waals surface area contributed by atoms with Crippen molar-refractivity contribution in [2.75, 3.05) is 30.8 Å². The smallest absolute Gasteiger partial charge is 0.0951 e. The third kappa shape index (κ3) is 2.55. The fourth-order valence-corrected chi connectivity index (χ4v) is 2.54. The average molecular weight is 273 g/mol. The molecule has 1 aliphatic heterocycles. The van der Waals surface area contributed by atoms with Gasteiger partial charge in [-0.25, -0.2) is 0 Å². The fourth-order valence-electron chi connectivity index (χ4n) is 2.54. The maximum Gasteiger partial charge on any atom is 0.0951 e. The Balaban J connectivity index is 1.82. The van der Waals surface area contributed by atoms with Crippen LogP contribution in [0.25, 0.3) is 10.9 Å². The Morgan fingerprint density at radius 1 is 1.30 bits per heavy atom. The first-order chi connectivity index (χ1) is 9.68. The molecule has 0 atom stereocenters. The summed E-state index contributed by atoms with van der Waals surface area (Å²) in [5.74, 6) is 0. The molecule has 0 bridgehead atoms. The van der Waals surface area contributed by atoms with E-state index in [9.17, 15) is 5.11 Å². The number of benzene rings is 1. The number of hydrogen-bond donors (Lipinski definition) is 3. The molecule has 0 spiro atoms. The average Bonchev–Trinajstić information content (AvgIpc) is 2.47. The number of anilines is 2. The van der Waals surface area contributed by atoms with Crippen LogP contribution >= 0.6 is 0 Å². The largest absolute Gasteiger partial charge is 0.397 e. The zero-order chi connectivity index (χ0) is 14.0. The normalized spacial score (nSPS) is 18.1. The van der Waals surface area contributed by atoms with Crippen molar-refractivity contribution in [2.24, 2.45) is 0 Å². The van der Waals surface area contributed by atoms with Gasteiger partial charge in [-0.1, -0.05) is 12.1 Å². The third-order valence-electron chi connectivity index (χ3n) is 3.83. The van der Waals surface area contributed by atoms with E-state index in [1.807, 2.05) is 24.3 Å². The van der Waals surface area contributed by atoms with Crippen LogP contribution in [0.4, 0.5) is 11.4 Å². The maximum atomic E-state index is 10.5. The van der Waals surface area contributed by atoms with E-state index in [0.717, 1.165) is 16.6 Å². The van der Waals surface area contributed by atoms with Gasteiger partial charge in [-0.15, -0.1) is 0 Å². The van der Waals surface area contributed by atoms with Gasteiger partial charge in [0.1, 0.15) is 0 Å².